The molecule has 0 aromatic rings. The number of rotatable bonds is 3. The molecule has 1 fully saturated rings. The lowest BCUT2D eigenvalue weighted by molar-refractivity contribution is 0.524. The number of hydrogen-bond acceptors (Lipinski definition) is 0. The lowest BCUT2D eigenvalue weighted by atomic mass is 10.00. The van der Waals surface area contributed by atoms with Crippen LogP contribution in [0.5, 0.6) is 0 Å². The third-order valence-corrected chi connectivity index (χ3v) is 5.69. The van der Waals surface area contributed by atoms with Crippen LogP contribution in [0.3, 0.4) is 0 Å². The second-order valence-electron chi connectivity index (χ2n) is 3.51. The summed E-state index contributed by atoms with van der Waals surface area (Å²) in [6, 6.07) is 0. The van der Waals surface area contributed by atoms with Gasteiger partial charge in [-0.2, -0.15) is 0 Å². The Morgan fingerprint density at radius 3 is 2.73 bits per heavy atom. The maximum Gasteiger partial charge on any atom is -0.0174 e. The molecule has 0 nitrogen and oxygen atoms in total. The minimum Gasteiger partial charge on any atom is -0.134 e. The summed E-state index contributed by atoms with van der Waals surface area (Å²) >= 11 is 0. The normalized spacial score (nSPS) is 33.3. The van der Waals surface area contributed by atoms with Crippen LogP contribution in [0.15, 0.2) is 0 Å². The highest BCUT2D eigenvalue weighted by Gasteiger charge is 2.20. The van der Waals surface area contributed by atoms with Crippen molar-refractivity contribution >= 4 is 17.8 Å². The molecule has 0 N–H and O–H groups in total. The highest BCUT2D eigenvalue weighted by Crippen LogP contribution is 2.37. The first-order valence-corrected chi connectivity index (χ1v) is 6.78. The Morgan fingerprint density at radius 1 is 1.36 bits per heavy atom. The Balaban J connectivity index is 2.18. The molecule has 66 valence electrons. The molecule has 4 unspecified atom stereocenters. The van der Waals surface area contributed by atoms with Crippen molar-refractivity contribution in [3.8, 4) is 0 Å². The SMILES string of the molecule is CCCPC1CCCCC1P. The van der Waals surface area contributed by atoms with Crippen LogP contribution in [0, 0.1) is 0 Å². The van der Waals surface area contributed by atoms with Gasteiger partial charge in [-0.25, -0.2) is 0 Å². The van der Waals surface area contributed by atoms with E-state index in [-0.39, 0.29) is 0 Å². The van der Waals surface area contributed by atoms with Crippen LogP contribution < -0.4 is 0 Å². The predicted molar refractivity (Wildman–Crippen MR) is 59.2 cm³/mol. The van der Waals surface area contributed by atoms with Crippen LogP contribution in [0.2, 0.25) is 0 Å². The molecular formula is C9H20P2. The van der Waals surface area contributed by atoms with Crippen LogP contribution in [0.1, 0.15) is 39.0 Å². The summed E-state index contributed by atoms with van der Waals surface area (Å²) < 4.78 is 0. The molecule has 11 heavy (non-hydrogen) atoms. The van der Waals surface area contributed by atoms with Crippen LogP contribution >= 0.6 is 17.8 Å². The fourth-order valence-corrected chi connectivity index (χ4v) is 4.12. The molecule has 0 radical (unpaired) electrons. The van der Waals surface area contributed by atoms with E-state index in [1.807, 2.05) is 0 Å². The van der Waals surface area contributed by atoms with Crippen LogP contribution in [-0.2, 0) is 0 Å². The van der Waals surface area contributed by atoms with E-state index in [1.165, 1.54) is 46.8 Å². The zero-order valence-electron chi connectivity index (χ0n) is 7.47. The van der Waals surface area contributed by atoms with Gasteiger partial charge in [-0.15, -0.1) is 17.8 Å². The summed E-state index contributed by atoms with van der Waals surface area (Å²) in [5.41, 5.74) is 2.02. The quantitative estimate of drug-likeness (QED) is 0.599. The maximum atomic E-state index is 3.05. The molecule has 0 amide bonds. The van der Waals surface area contributed by atoms with Crippen molar-refractivity contribution in [1.82, 2.24) is 0 Å². The lowest BCUT2D eigenvalue weighted by Crippen LogP contribution is -2.20. The van der Waals surface area contributed by atoms with Crippen molar-refractivity contribution in [2.24, 2.45) is 0 Å². The van der Waals surface area contributed by atoms with Crippen molar-refractivity contribution in [1.29, 1.82) is 0 Å². The van der Waals surface area contributed by atoms with E-state index in [0.717, 1.165) is 11.3 Å². The zero-order valence-corrected chi connectivity index (χ0v) is 9.63. The van der Waals surface area contributed by atoms with Gasteiger partial charge in [-0.05, 0) is 30.3 Å². The molecule has 0 aromatic heterocycles. The molecule has 1 aliphatic carbocycles. The maximum absolute atomic E-state index is 3.05. The summed E-state index contributed by atoms with van der Waals surface area (Å²) in [5, 5.41) is 0. The molecule has 1 aliphatic rings. The second kappa shape index (κ2) is 5.50. The average molecular weight is 190 g/mol. The summed E-state index contributed by atoms with van der Waals surface area (Å²) in [4.78, 5) is 0. The summed E-state index contributed by atoms with van der Waals surface area (Å²) in [5.74, 6) is 0. The molecule has 0 aliphatic heterocycles. The Morgan fingerprint density at radius 2 is 2.09 bits per heavy atom. The first kappa shape index (κ1) is 9.94. The van der Waals surface area contributed by atoms with E-state index in [1.54, 1.807) is 0 Å². The van der Waals surface area contributed by atoms with Gasteiger partial charge in [0.1, 0.15) is 0 Å². The average Bonchev–Trinajstić information content (AvgIpc) is 2.03. The van der Waals surface area contributed by atoms with Gasteiger partial charge in [0.05, 0.1) is 0 Å². The summed E-state index contributed by atoms with van der Waals surface area (Å²) in [6.07, 6.45) is 8.79. The van der Waals surface area contributed by atoms with Crippen LogP contribution in [0.4, 0.5) is 0 Å². The van der Waals surface area contributed by atoms with Gasteiger partial charge in [0.2, 0.25) is 0 Å². The third-order valence-electron chi connectivity index (χ3n) is 2.48. The van der Waals surface area contributed by atoms with E-state index in [9.17, 15) is 0 Å². The highest BCUT2D eigenvalue weighted by molar-refractivity contribution is 7.40. The number of hydrogen-bond donors (Lipinski definition) is 0. The Hall–Kier alpha value is 0.860. The topological polar surface area (TPSA) is 0 Å². The van der Waals surface area contributed by atoms with E-state index in [0.29, 0.717) is 0 Å². The molecule has 0 aromatic carbocycles. The van der Waals surface area contributed by atoms with Gasteiger partial charge in [-0.3, -0.25) is 0 Å². The predicted octanol–water partition coefficient (Wildman–Crippen LogP) is 3.26. The summed E-state index contributed by atoms with van der Waals surface area (Å²) in [7, 11) is 4.29. The van der Waals surface area contributed by atoms with Gasteiger partial charge in [-0.1, -0.05) is 26.2 Å². The van der Waals surface area contributed by atoms with Crippen LogP contribution in [-0.4, -0.2) is 17.5 Å². The van der Waals surface area contributed by atoms with Gasteiger partial charge in [0.25, 0.3) is 0 Å². The van der Waals surface area contributed by atoms with Gasteiger partial charge < -0.3 is 0 Å². The third kappa shape index (κ3) is 3.39. The summed E-state index contributed by atoms with van der Waals surface area (Å²) in [6.45, 7) is 2.30. The van der Waals surface area contributed by atoms with E-state index < -0.39 is 0 Å². The molecule has 0 spiro atoms. The molecule has 0 bridgehead atoms. The molecule has 4 atom stereocenters. The first-order chi connectivity index (χ1) is 5.34. The van der Waals surface area contributed by atoms with Gasteiger partial charge in [0.15, 0.2) is 0 Å². The van der Waals surface area contributed by atoms with Crippen molar-refractivity contribution in [3.05, 3.63) is 0 Å². The molecule has 0 saturated heterocycles. The second-order valence-corrected chi connectivity index (χ2v) is 6.02. The van der Waals surface area contributed by atoms with Crippen molar-refractivity contribution in [2.45, 2.75) is 50.3 Å². The minimum absolute atomic E-state index is 0.952. The van der Waals surface area contributed by atoms with Crippen molar-refractivity contribution in [3.63, 3.8) is 0 Å². The Bertz CT molecular complexity index is 104. The van der Waals surface area contributed by atoms with Crippen molar-refractivity contribution < 1.29 is 0 Å². The molecule has 2 heteroatoms. The standard InChI is InChI=1S/C9H20P2/c1-2-7-11-9-6-4-3-5-8(9)10/h8-9,11H,2-7,10H2,1H3. The van der Waals surface area contributed by atoms with E-state index >= 15 is 0 Å². The lowest BCUT2D eigenvalue weighted by Gasteiger charge is -2.28. The fourth-order valence-electron chi connectivity index (χ4n) is 1.74. The van der Waals surface area contributed by atoms with E-state index in [4.69, 9.17) is 0 Å². The Kier molecular flexibility index (Phi) is 4.97. The molecule has 1 saturated carbocycles. The van der Waals surface area contributed by atoms with E-state index in [2.05, 4.69) is 16.2 Å². The highest BCUT2D eigenvalue weighted by atomic mass is 31.1. The first-order valence-electron chi connectivity index (χ1n) is 4.83. The Labute approximate surface area is 74.9 Å². The fraction of sp³-hybridized carbons (Fsp3) is 1.00. The monoisotopic (exact) mass is 190 g/mol. The molecule has 0 heterocycles. The van der Waals surface area contributed by atoms with Gasteiger partial charge >= 0.3 is 0 Å². The van der Waals surface area contributed by atoms with Gasteiger partial charge in [0, 0.05) is 0 Å². The minimum atomic E-state index is 0.952. The zero-order chi connectivity index (χ0) is 8.10. The van der Waals surface area contributed by atoms with Crippen molar-refractivity contribution in [2.75, 3.05) is 6.16 Å². The largest absolute Gasteiger partial charge is 0.134 e. The smallest absolute Gasteiger partial charge is 0.0174 e. The molecular weight excluding hydrogens is 170 g/mol. The molecule has 1 rings (SSSR count). The van der Waals surface area contributed by atoms with Crippen LogP contribution in [0.25, 0.3) is 0 Å².